The average Bonchev–Trinajstić information content (AvgIpc) is 2.81. The van der Waals surface area contributed by atoms with Crippen molar-refractivity contribution < 1.29 is 4.39 Å². The first-order valence-corrected chi connectivity index (χ1v) is 8.17. The highest BCUT2D eigenvalue weighted by Gasteiger charge is 2.53. The SMILES string of the molecule is Cc1cncc(C23CCCC(c4ccc(F)cc4)(CC2)C3)n1. The lowest BCUT2D eigenvalue weighted by molar-refractivity contribution is 0.263. The molecule has 2 aliphatic rings. The van der Waals surface area contributed by atoms with Crippen LogP contribution < -0.4 is 0 Å². The first-order chi connectivity index (χ1) is 10.6. The van der Waals surface area contributed by atoms with Crippen molar-refractivity contribution in [1.82, 2.24) is 9.97 Å². The van der Waals surface area contributed by atoms with E-state index in [1.54, 1.807) is 12.1 Å². The summed E-state index contributed by atoms with van der Waals surface area (Å²) < 4.78 is 13.3. The number of halogens is 1. The number of fused-ring (bicyclic) bond motifs is 2. The van der Waals surface area contributed by atoms with Crippen LogP contribution in [0.15, 0.2) is 36.7 Å². The predicted octanol–water partition coefficient (Wildman–Crippen LogP) is 4.47. The molecule has 2 fully saturated rings. The van der Waals surface area contributed by atoms with Gasteiger partial charge in [0, 0.05) is 17.8 Å². The molecule has 2 aliphatic carbocycles. The Bertz CT molecular complexity index is 697. The van der Waals surface area contributed by atoms with Crippen LogP contribution in [0.5, 0.6) is 0 Å². The highest BCUT2D eigenvalue weighted by Crippen LogP contribution is 2.59. The maximum atomic E-state index is 13.3. The summed E-state index contributed by atoms with van der Waals surface area (Å²) in [5.41, 5.74) is 3.84. The van der Waals surface area contributed by atoms with Crippen molar-refractivity contribution in [1.29, 1.82) is 0 Å². The van der Waals surface area contributed by atoms with E-state index >= 15 is 0 Å². The minimum absolute atomic E-state index is 0.148. The van der Waals surface area contributed by atoms with Crippen LogP contribution in [0.1, 0.15) is 55.5 Å². The van der Waals surface area contributed by atoms with E-state index in [4.69, 9.17) is 4.98 Å². The van der Waals surface area contributed by atoms with Gasteiger partial charge >= 0.3 is 0 Å². The van der Waals surface area contributed by atoms with E-state index in [9.17, 15) is 4.39 Å². The van der Waals surface area contributed by atoms with Gasteiger partial charge in [0.2, 0.25) is 0 Å². The summed E-state index contributed by atoms with van der Waals surface area (Å²) in [4.78, 5) is 9.15. The smallest absolute Gasteiger partial charge is 0.123 e. The van der Waals surface area contributed by atoms with Gasteiger partial charge in [0.1, 0.15) is 5.82 Å². The summed E-state index contributed by atoms with van der Waals surface area (Å²) in [5, 5.41) is 0. The van der Waals surface area contributed by atoms with Gasteiger partial charge < -0.3 is 0 Å². The molecule has 3 heteroatoms. The zero-order valence-corrected chi connectivity index (χ0v) is 13.0. The summed E-state index contributed by atoms with van der Waals surface area (Å²) in [5.74, 6) is -0.148. The molecule has 2 saturated carbocycles. The van der Waals surface area contributed by atoms with E-state index in [1.165, 1.54) is 37.7 Å². The molecule has 2 aromatic rings. The molecule has 0 spiro atoms. The zero-order valence-electron chi connectivity index (χ0n) is 13.0. The van der Waals surface area contributed by atoms with Crippen LogP contribution in [0, 0.1) is 12.7 Å². The van der Waals surface area contributed by atoms with E-state index in [1.807, 2.05) is 31.5 Å². The van der Waals surface area contributed by atoms with Crippen LogP contribution in [0.2, 0.25) is 0 Å². The lowest BCUT2D eigenvalue weighted by Gasteiger charge is -2.39. The molecule has 22 heavy (non-hydrogen) atoms. The molecule has 114 valence electrons. The number of aromatic nitrogens is 2. The summed E-state index contributed by atoms with van der Waals surface area (Å²) in [7, 11) is 0. The minimum Gasteiger partial charge on any atom is -0.261 e. The molecular formula is C19H21FN2. The molecule has 0 amide bonds. The fourth-order valence-corrected chi connectivity index (χ4v) is 4.75. The number of hydrogen-bond acceptors (Lipinski definition) is 2. The maximum absolute atomic E-state index is 13.3. The Morgan fingerprint density at radius 3 is 2.45 bits per heavy atom. The van der Waals surface area contributed by atoms with Crippen molar-refractivity contribution in [3.8, 4) is 0 Å². The predicted molar refractivity (Wildman–Crippen MR) is 84.2 cm³/mol. The number of hydrogen-bond donors (Lipinski definition) is 0. The van der Waals surface area contributed by atoms with E-state index in [2.05, 4.69) is 4.98 Å². The van der Waals surface area contributed by atoms with Crippen LogP contribution in [-0.4, -0.2) is 9.97 Å². The van der Waals surface area contributed by atoms with Gasteiger partial charge in [-0.15, -0.1) is 0 Å². The third-order valence-corrected chi connectivity index (χ3v) is 5.82. The molecule has 2 nitrogen and oxygen atoms in total. The molecule has 2 bridgehead atoms. The summed E-state index contributed by atoms with van der Waals surface area (Å²) in [6.45, 7) is 2.01. The van der Waals surface area contributed by atoms with Gasteiger partial charge in [0.05, 0.1) is 11.4 Å². The van der Waals surface area contributed by atoms with Crippen molar-refractivity contribution in [3.63, 3.8) is 0 Å². The normalized spacial score (nSPS) is 30.5. The van der Waals surface area contributed by atoms with Gasteiger partial charge in [-0.3, -0.25) is 9.97 Å². The molecule has 2 unspecified atom stereocenters. The van der Waals surface area contributed by atoms with Crippen LogP contribution in [0.4, 0.5) is 4.39 Å². The summed E-state index contributed by atoms with van der Waals surface area (Å²) in [6, 6.07) is 7.17. The molecule has 0 N–H and O–H groups in total. The van der Waals surface area contributed by atoms with Crippen molar-refractivity contribution in [2.24, 2.45) is 0 Å². The fourth-order valence-electron chi connectivity index (χ4n) is 4.75. The van der Waals surface area contributed by atoms with Gasteiger partial charge in [-0.2, -0.15) is 0 Å². The van der Waals surface area contributed by atoms with Crippen molar-refractivity contribution in [2.45, 2.75) is 56.3 Å². The van der Waals surface area contributed by atoms with Crippen LogP contribution in [0.3, 0.4) is 0 Å². The summed E-state index contributed by atoms with van der Waals surface area (Å²) in [6.07, 6.45) is 10.9. The van der Waals surface area contributed by atoms with E-state index in [0.29, 0.717) is 0 Å². The van der Waals surface area contributed by atoms with Crippen molar-refractivity contribution >= 4 is 0 Å². The molecule has 0 saturated heterocycles. The zero-order chi connectivity index (χ0) is 15.2. The molecule has 1 aromatic carbocycles. The van der Waals surface area contributed by atoms with Gasteiger partial charge in [0.15, 0.2) is 0 Å². The molecule has 1 heterocycles. The highest BCUT2D eigenvalue weighted by atomic mass is 19.1. The highest BCUT2D eigenvalue weighted by molar-refractivity contribution is 5.34. The third-order valence-electron chi connectivity index (χ3n) is 5.82. The van der Waals surface area contributed by atoms with Crippen LogP contribution >= 0.6 is 0 Å². The van der Waals surface area contributed by atoms with E-state index < -0.39 is 0 Å². The van der Waals surface area contributed by atoms with Crippen molar-refractivity contribution in [3.05, 3.63) is 59.4 Å². The first kappa shape index (κ1) is 13.9. The lowest BCUT2D eigenvalue weighted by atomic mass is 9.65. The Kier molecular flexibility index (Phi) is 3.07. The Morgan fingerprint density at radius 1 is 0.955 bits per heavy atom. The Morgan fingerprint density at radius 2 is 1.68 bits per heavy atom. The van der Waals surface area contributed by atoms with Gasteiger partial charge in [-0.05, 0) is 62.1 Å². The monoisotopic (exact) mass is 296 g/mol. The largest absolute Gasteiger partial charge is 0.261 e. The third kappa shape index (κ3) is 2.06. The minimum atomic E-state index is -0.148. The fraction of sp³-hybridized carbons (Fsp3) is 0.474. The number of nitrogens with zero attached hydrogens (tertiary/aromatic N) is 2. The molecule has 0 radical (unpaired) electrons. The molecule has 2 atom stereocenters. The molecule has 0 aliphatic heterocycles. The van der Waals surface area contributed by atoms with Gasteiger partial charge in [-0.1, -0.05) is 18.6 Å². The van der Waals surface area contributed by atoms with E-state index in [-0.39, 0.29) is 16.6 Å². The number of rotatable bonds is 2. The second-order valence-electron chi connectivity index (χ2n) is 7.14. The molecular weight excluding hydrogens is 275 g/mol. The van der Waals surface area contributed by atoms with E-state index in [0.717, 1.165) is 17.8 Å². The second-order valence-corrected chi connectivity index (χ2v) is 7.14. The molecule has 1 aromatic heterocycles. The topological polar surface area (TPSA) is 25.8 Å². The lowest BCUT2D eigenvalue weighted by Crippen LogP contribution is -2.34. The maximum Gasteiger partial charge on any atom is 0.123 e. The molecule has 4 rings (SSSR count). The van der Waals surface area contributed by atoms with Crippen molar-refractivity contribution in [2.75, 3.05) is 0 Å². The standard InChI is InChI=1S/C19H21FN2/c1-14-11-21-12-17(22-14)19-8-2-7-18(13-19,9-10-19)15-3-5-16(20)6-4-15/h3-6,11-12H,2,7-10,13H2,1H3. The van der Waals surface area contributed by atoms with Gasteiger partial charge in [-0.25, -0.2) is 4.39 Å². The quantitative estimate of drug-likeness (QED) is 0.817. The number of benzene rings is 1. The van der Waals surface area contributed by atoms with Crippen LogP contribution in [0.25, 0.3) is 0 Å². The Balaban J connectivity index is 1.73. The first-order valence-electron chi connectivity index (χ1n) is 8.17. The average molecular weight is 296 g/mol. The van der Waals surface area contributed by atoms with Gasteiger partial charge in [0.25, 0.3) is 0 Å². The van der Waals surface area contributed by atoms with Crippen LogP contribution in [-0.2, 0) is 10.8 Å². The number of aryl methyl sites for hydroxylation is 1. The second kappa shape index (κ2) is 4.87. The summed E-state index contributed by atoms with van der Waals surface area (Å²) >= 11 is 0. The Labute approximate surface area is 130 Å². The Hall–Kier alpha value is -1.77.